The molecule has 0 N–H and O–H groups in total. The number of carbonyl (C=O) groups is 1. The topological polar surface area (TPSA) is 44.1 Å². The van der Waals surface area contributed by atoms with Crippen molar-refractivity contribution in [3.05, 3.63) is 23.5 Å². The Bertz CT molecular complexity index is 405. The largest absolute Gasteiger partial charge is 0.463 e. The molecule has 0 bridgehead atoms. The molecule has 16 heavy (non-hydrogen) atoms. The highest BCUT2D eigenvalue weighted by Gasteiger charge is 2.11. The van der Waals surface area contributed by atoms with E-state index in [-0.39, 0.29) is 5.97 Å². The number of allylic oxidation sites excluding steroid dienone is 1. The minimum Gasteiger partial charge on any atom is -0.463 e. The first kappa shape index (κ1) is 12.5. The summed E-state index contributed by atoms with van der Waals surface area (Å²) in [4.78, 5) is 11.5. The van der Waals surface area contributed by atoms with Crippen molar-refractivity contribution in [3.8, 4) is 0 Å². The number of ether oxygens (including phenoxy) is 1. The second-order valence-electron chi connectivity index (χ2n) is 3.56. The molecule has 0 unspecified atom stereocenters. The molecule has 1 heterocycles. The number of aromatic nitrogens is 2. The average molecular weight is 222 g/mol. The van der Waals surface area contributed by atoms with Gasteiger partial charge in [-0.3, -0.25) is 4.68 Å². The minimum absolute atomic E-state index is 0.260. The summed E-state index contributed by atoms with van der Waals surface area (Å²) >= 11 is 0. The fourth-order valence-electron chi connectivity index (χ4n) is 1.34. The summed E-state index contributed by atoms with van der Waals surface area (Å²) in [6.07, 6.45) is 3.69. The second kappa shape index (κ2) is 5.49. The van der Waals surface area contributed by atoms with Crippen LogP contribution in [0.1, 0.15) is 33.3 Å². The van der Waals surface area contributed by atoms with Crippen molar-refractivity contribution in [1.29, 1.82) is 0 Å². The van der Waals surface area contributed by atoms with Gasteiger partial charge in [-0.2, -0.15) is 5.10 Å². The smallest absolute Gasteiger partial charge is 0.333 e. The summed E-state index contributed by atoms with van der Waals surface area (Å²) in [5, 5.41) is 4.17. The maximum Gasteiger partial charge on any atom is 0.333 e. The number of rotatable bonds is 4. The fraction of sp³-hybridized carbons (Fsp3) is 0.500. The summed E-state index contributed by atoms with van der Waals surface area (Å²) in [6.45, 7) is 8.73. The Labute approximate surface area is 95.9 Å². The molecule has 0 aliphatic heterocycles. The molecule has 4 nitrogen and oxygen atoms in total. The third-order valence-corrected chi connectivity index (χ3v) is 2.53. The molecule has 0 aromatic carbocycles. The predicted molar refractivity (Wildman–Crippen MR) is 62.8 cm³/mol. The van der Waals surface area contributed by atoms with E-state index in [9.17, 15) is 4.79 Å². The van der Waals surface area contributed by atoms with Gasteiger partial charge >= 0.3 is 5.97 Å². The second-order valence-corrected chi connectivity index (χ2v) is 3.56. The minimum atomic E-state index is -0.260. The summed E-state index contributed by atoms with van der Waals surface area (Å²) < 4.78 is 6.79. The van der Waals surface area contributed by atoms with Gasteiger partial charge in [0.2, 0.25) is 0 Å². The summed E-state index contributed by atoms with van der Waals surface area (Å²) in [6, 6.07) is 0. The standard InChI is InChI=1S/C12H18N2O2/c1-5-14-8-11(7-13-14)9(3)10(4)12(15)16-6-2/h7-8H,5-6H2,1-4H3. The van der Waals surface area contributed by atoms with Crippen molar-refractivity contribution in [2.45, 2.75) is 34.2 Å². The molecule has 0 aliphatic carbocycles. The van der Waals surface area contributed by atoms with Gasteiger partial charge in [-0.25, -0.2) is 4.79 Å². The van der Waals surface area contributed by atoms with Crippen molar-refractivity contribution >= 4 is 11.5 Å². The lowest BCUT2D eigenvalue weighted by Gasteiger charge is -2.05. The Morgan fingerprint density at radius 3 is 2.62 bits per heavy atom. The highest BCUT2D eigenvalue weighted by atomic mass is 16.5. The van der Waals surface area contributed by atoms with E-state index in [1.165, 1.54) is 0 Å². The Kier molecular flexibility index (Phi) is 4.28. The molecule has 0 saturated carbocycles. The zero-order valence-electron chi connectivity index (χ0n) is 10.3. The molecule has 0 aliphatic rings. The van der Waals surface area contributed by atoms with Gasteiger partial charge in [-0.15, -0.1) is 0 Å². The van der Waals surface area contributed by atoms with Crippen LogP contribution < -0.4 is 0 Å². The quantitative estimate of drug-likeness (QED) is 0.579. The number of aryl methyl sites for hydroxylation is 1. The van der Waals surface area contributed by atoms with Crippen molar-refractivity contribution in [3.63, 3.8) is 0 Å². The molecule has 1 aromatic rings. The van der Waals surface area contributed by atoms with E-state index in [1.807, 2.05) is 24.7 Å². The van der Waals surface area contributed by atoms with E-state index in [0.29, 0.717) is 12.2 Å². The first-order valence-electron chi connectivity index (χ1n) is 5.47. The van der Waals surface area contributed by atoms with Crippen LogP contribution in [0.3, 0.4) is 0 Å². The van der Waals surface area contributed by atoms with Gasteiger partial charge in [-0.1, -0.05) is 0 Å². The van der Waals surface area contributed by atoms with Crippen molar-refractivity contribution < 1.29 is 9.53 Å². The van der Waals surface area contributed by atoms with Gasteiger partial charge < -0.3 is 4.74 Å². The maximum atomic E-state index is 11.5. The molecular weight excluding hydrogens is 204 g/mol. The molecule has 4 heteroatoms. The molecule has 0 radical (unpaired) electrons. The SMILES string of the molecule is CCOC(=O)C(C)=C(C)c1cnn(CC)c1. The summed E-state index contributed by atoms with van der Waals surface area (Å²) in [5.74, 6) is -0.260. The molecule has 0 atom stereocenters. The van der Waals surface area contributed by atoms with Gasteiger partial charge in [-0.05, 0) is 33.3 Å². The van der Waals surface area contributed by atoms with E-state index in [2.05, 4.69) is 5.10 Å². The number of hydrogen-bond acceptors (Lipinski definition) is 3. The molecule has 88 valence electrons. The van der Waals surface area contributed by atoms with Crippen LogP contribution in [0, 0.1) is 0 Å². The van der Waals surface area contributed by atoms with Gasteiger partial charge in [0, 0.05) is 23.9 Å². The number of esters is 1. The highest BCUT2D eigenvalue weighted by molar-refractivity contribution is 5.96. The van der Waals surface area contributed by atoms with Crippen LogP contribution in [-0.4, -0.2) is 22.4 Å². The zero-order chi connectivity index (χ0) is 12.1. The summed E-state index contributed by atoms with van der Waals surface area (Å²) in [7, 11) is 0. The monoisotopic (exact) mass is 222 g/mol. The van der Waals surface area contributed by atoms with Crippen LogP contribution in [-0.2, 0) is 16.1 Å². The Morgan fingerprint density at radius 1 is 1.44 bits per heavy atom. The molecule has 0 saturated heterocycles. The fourth-order valence-corrected chi connectivity index (χ4v) is 1.34. The zero-order valence-corrected chi connectivity index (χ0v) is 10.3. The van der Waals surface area contributed by atoms with Gasteiger partial charge in [0.1, 0.15) is 0 Å². The number of hydrogen-bond donors (Lipinski definition) is 0. The highest BCUT2D eigenvalue weighted by Crippen LogP contribution is 2.18. The summed E-state index contributed by atoms with van der Waals surface area (Å²) in [5.41, 5.74) is 2.52. The lowest BCUT2D eigenvalue weighted by atomic mass is 10.1. The van der Waals surface area contributed by atoms with Gasteiger partial charge in [0.25, 0.3) is 0 Å². The Hall–Kier alpha value is -1.58. The van der Waals surface area contributed by atoms with E-state index >= 15 is 0 Å². The normalized spacial score (nSPS) is 12.2. The lowest BCUT2D eigenvalue weighted by molar-refractivity contribution is -0.138. The Morgan fingerprint density at radius 2 is 2.12 bits per heavy atom. The lowest BCUT2D eigenvalue weighted by Crippen LogP contribution is -2.06. The van der Waals surface area contributed by atoms with E-state index < -0.39 is 0 Å². The molecule has 1 rings (SSSR count). The number of carbonyl (C=O) groups excluding carboxylic acids is 1. The molecule has 1 aromatic heterocycles. The van der Waals surface area contributed by atoms with Crippen LogP contribution in [0.5, 0.6) is 0 Å². The predicted octanol–water partition coefficient (Wildman–Crippen LogP) is 2.26. The Balaban J connectivity index is 2.94. The van der Waals surface area contributed by atoms with Crippen LogP contribution in [0.15, 0.2) is 18.0 Å². The molecular formula is C12H18N2O2. The first-order chi connectivity index (χ1) is 7.60. The van der Waals surface area contributed by atoms with Crippen LogP contribution in [0.4, 0.5) is 0 Å². The van der Waals surface area contributed by atoms with Crippen molar-refractivity contribution in [1.82, 2.24) is 9.78 Å². The van der Waals surface area contributed by atoms with Gasteiger partial charge in [0.05, 0.1) is 12.8 Å². The number of nitrogens with zero attached hydrogens (tertiary/aromatic N) is 2. The molecule has 0 spiro atoms. The van der Waals surface area contributed by atoms with Crippen LogP contribution in [0.2, 0.25) is 0 Å². The third kappa shape index (κ3) is 2.72. The average Bonchev–Trinajstić information content (AvgIpc) is 2.75. The first-order valence-corrected chi connectivity index (χ1v) is 5.47. The van der Waals surface area contributed by atoms with E-state index in [1.54, 1.807) is 20.0 Å². The van der Waals surface area contributed by atoms with Crippen LogP contribution in [0.25, 0.3) is 5.57 Å². The van der Waals surface area contributed by atoms with E-state index in [0.717, 1.165) is 17.7 Å². The molecule has 0 fully saturated rings. The third-order valence-electron chi connectivity index (χ3n) is 2.53. The van der Waals surface area contributed by atoms with Crippen LogP contribution >= 0.6 is 0 Å². The van der Waals surface area contributed by atoms with E-state index in [4.69, 9.17) is 4.74 Å². The maximum absolute atomic E-state index is 11.5. The van der Waals surface area contributed by atoms with Crippen molar-refractivity contribution in [2.24, 2.45) is 0 Å². The van der Waals surface area contributed by atoms with Crippen molar-refractivity contribution in [2.75, 3.05) is 6.61 Å². The molecule has 0 amide bonds. The van der Waals surface area contributed by atoms with Gasteiger partial charge in [0.15, 0.2) is 0 Å².